The number of ether oxygens (including phenoxy) is 1. The van der Waals surface area contributed by atoms with E-state index in [1.54, 1.807) is 0 Å². The highest BCUT2D eigenvalue weighted by Crippen LogP contribution is 2.19. The largest absolute Gasteiger partial charge is 0.478 e. The number of aromatic amines is 1. The van der Waals surface area contributed by atoms with Crippen molar-refractivity contribution in [1.82, 2.24) is 4.98 Å². The minimum absolute atomic E-state index is 0.190. The second kappa shape index (κ2) is 3.07. The Labute approximate surface area is 75.1 Å². The van der Waals surface area contributed by atoms with E-state index in [4.69, 9.17) is 16.3 Å². The third-order valence-electron chi connectivity index (χ3n) is 1.75. The number of rotatable bonds is 2. The summed E-state index contributed by atoms with van der Waals surface area (Å²) in [6, 6.07) is 8.00. The lowest BCUT2D eigenvalue weighted by Gasteiger charge is -2.00. The Morgan fingerprint density at radius 2 is 2.25 bits per heavy atom. The summed E-state index contributed by atoms with van der Waals surface area (Å²) in [5.74, 6) is 0.803. The van der Waals surface area contributed by atoms with E-state index in [-0.39, 0.29) is 6.07 Å². The summed E-state index contributed by atoms with van der Waals surface area (Å²) in [5, 5.41) is 1.14. The minimum atomic E-state index is 0.190. The molecule has 0 aliphatic heterocycles. The average Bonchev–Trinajstić information content (AvgIpc) is 2.51. The van der Waals surface area contributed by atoms with E-state index < -0.39 is 0 Å². The van der Waals surface area contributed by atoms with E-state index in [0.717, 1.165) is 16.7 Å². The van der Waals surface area contributed by atoms with Gasteiger partial charge in [0.25, 0.3) is 0 Å². The number of hydrogen-bond donors (Lipinski definition) is 1. The fourth-order valence-corrected chi connectivity index (χ4v) is 1.31. The SMILES string of the molecule is ClCOc1ccc2[nH]ccc2c1. The van der Waals surface area contributed by atoms with Gasteiger partial charge >= 0.3 is 0 Å². The Bertz CT molecular complexity index is 383. The van der Waals surface area contributed by atoms with Crippen LogP contribution in [-0.2, 0) is 0 Å². The first-order valence-electron chi connectivity index (χ1n) is 3.66. The first-order valence-corrected chi connectivity index (χ1v) is 4.19. The van der Waals surface area contributed by atoms with Gasteiger partial charge in [0.15, 0.2) is 6.07 Å². The number of fused-ring (bicyclic) bond motifs is 1. The summed E-state index contributed by atoms with van der Waals surface area (Å²) < 4.78 is 5.13. The van der Waals surface area contributed by atoms with Crippen LogP contribution in [0.2, 0.25) is 0 Å². The van der Waals surface area contributed by atoms with Crippen molar-refractivity contribution < 1.29 is 4.74 Å². The molecule has 1 aromatic carbocycles. The second-order valence-electron chi connectivity index (χ2n) is 2.48. The van der Waals surface area contributed by atoms with Gasteiger partial charge in [0.2, 0.25) is 0 Å². The number of halogens is 1. The number of H-pyrrole nitrogens is 1. The van der Waals surface area contributed by atoms with Crippen LogP contribution in [0.15, 0.2) is 30.5 Å². The lowest BCUT2D eigenvalue weighted by atomic mass is 10.2. The van der Waals surface area contributed by atoms with Crippen molar-refractivity contribution in [3.8, 4) is 5.75 Å². The van der Waals surface area contributed by atoms with Crippen LogP contribution in [0, 0.1) is 0 Å². The van der Waals surface area contributed by atoms with Crippen LogP contribution in [0.4, 0.5) is 0 Å². The summed E-state index contributed by atoms with van der Waals surface area (Å²) in [5.41, 5.74) is 1.11. The smallest absolute Gasteiger partial charge is 0.162 e. The van der Waals surface area contributed by atoms with Gasteiger partial charge in [-0.2, -0.15) is 0 Å². The molecule has 12 heavy (non-hydrogen) atoms. The summed E-state index contributed by atoms with van der Waals surface area (Å²) in [7, 11) is 0. The van der Waals surface area contributed by atoms with E-state index in [2.05, 4.69) is 4.98 Å². The van der Waals surface area contributed by atoms with Gasteiger partial charge in [-0.3, -0.25) is 0 Å². The lowest BCUT2D eigenvalue weighted by molar-refractivity contribution is 0.388. The Kier molecular flexibility index (Phi) is 1.92. The molecule has 0 aliphatic rings. The molecule has 0 bridgehead atoms. The van der Waals surface area contributed by atoms with Gasteiger partial charge in [0.05, 0.1) is 0 Å². The number of hydrogen-bond acceptors (Lipinski definition) is 1. The van der Waals surface area contributed by atoms with E-state index in [0.29, 0.717) is 0 Å². The molecule has 2 rings (SSSR count). The topological polar surface area (TPSA) is 25.0 Å². The molecule has 0 saturated heterocycles. The molecule has 0 unspecified atom stereocenters. The number of alkyl halides is 1. The summed E-state index contributed by atoms with van der Waals surface area (Å²) >= 11 is 5.43. The van der Waals surface area contributed by atoms with Crippen LogP contribution >= 0.6 is 11.6 Å². The van der Waals surface area contributed by atoms with Crippen molar-refractivity contribution in [1.29, 1.82) is 0 Å². The molecule has 0 atom stereocenters. The van der Waals surface area contributed by atoms with Gasteiger partial charge in [-0.25, -0.2) is 0 Å². The van der Waals surface area contributed by atoms with Crippen molar-refractivity contribution in [2.75, 3.05) is 6.07 Å². The maximum atomic E-state index is 5.43. The maximum Gasteiger partial charge on any atom is 0.162 e. The van der Waals surface area contributed by atoms with Crippen molar-refractivity contribution in [3.05, 3.63) is 30.5 Å². The van der Waals surface area contributed by atoms with Gasteiger partial charge in [-0.05, 0) is 24.3 Å². The molecule has 1 aromatic heterocycles. The van der Waals surface area contributed by atoms with Crippen molar-refractivity contribution in [2.45, 2.75) is 0 Å². The van der Waals surface area contributed by atoms with Crippen LogP contribution in [-0.4, -0.2) is 11.1 Å². The molecular weight excluding hydrogens is 174 g/mol. The van der Waals surface area contributed by atoms with Crippen LogP contribution in [0.1, 0.15) is 0 Å². The monoisotopic (exact) mass is 181 g/mol. The summed E-state index contributed by atoms with van der Waals surface area (Å²) in [6.45, 7) is 0. The Hall–Kier alpha value is -1.15. The first kappa shape index (κ1) is 7.50. The molecule has 3 heteroatoms. The molecular formula is C9H8ClNO. The highest BCUT2D eigenvalue weighted by atomic mass is 35.5. The third-order valence-corrected chi connectivity index (χ3v) is 1.86. The van der Waals surface area contributed by atoms with Crippen molar-refractivity contribution in [2.24, 2.45) is 0 Å². The standard InChI is InChI=1S/C9H8ClNO/c10-6-12-8-1-2-9-7(5-8)3-4-11-9/h1-5,11H,6H2. The van der Waals surface area contributed by atoms with Crippen LogP contribution in [0.25, 0.3) is 10.9 Å². The van der Waals surface area contributed by atoms with E-state index in [9.17, 15) is 0 Å². The molecule has 2 nitrogen and oxygen atoms in total. The van der Waals surface area contributed by atoms with Gasteiger partial charge in [0.1, 0.15) is 5.75 Å². The normalized spacial score (nSPS) is 10.4. The number of nitrogens with one attached hydrogen (secondary N) is 1. The Balaban J connectivity index is 2.46. The molecule has 0 aliphatic carbocycles. The zero-order chi connectivity index (χ0) is 8.39. The quantitative estimate of drug-likeness (QED) is 0.709. The minimum Gasteiger partial charge on any atom is -0.478 e. The predicted molar refractivity (Wildman–Crippen MR) is 49.6 cm³/mol. The Morgan fingerprint density at radius 3 is 3.08 bits per heavy atom. The van der Waals surface area contributed by atoms with E-state index in [1.807, 2.05) is 30.5 Å². The number of aromatic nitrogens is 1. The molecule has 0 fully saturated rings. The van der Waals surface area contributed by atoms with Gasteiger partial charge in [0, 0.05) is 17.1 Å². The van der Waals surface area contributed by atoms with Crippen LogP contribution < -0.4 is 4.74 Å². The molecule has 1 heterocycles. The molecule has 1 N–H and O–H groups in total. The Morgan fingerprint density at radius 1 is 1.33 bits per heavy atom. The fourth-order valence-electron chi connectivity index (χ4n) is 1.18. The fraction of sp³-hybridized carbons (Fsp3) is 0.111. The summed E-state index contributed by atoms with van der Waals surface area (Å²) in [4.78, 5) is 3.10. The summed E-state index contributed by atoms with van der Waals surface area (Å²) in [6.07, 6.45) is 1.90. The predicted octanol–water partition coefficient (Wildman–Crippen LogP) is 2.74. The van der Waals surface area contributed by atoms with Gasteiger partial charge in [-0.1, -0.05) is 11.6 Å². The second-order valence-corrected chi connectivity index (χ2v) is 2.70. The first-order chi connectivity index (χ1) is 5.90. The van der Waals surface area contributed by atoms with Crippen molar-refractivity contribution in [3.63, 3.8) is 0 Å². The van der Waals surface area contributed by atoms with E-state index in [1.165, 1.54) is 0 Å². The zero-order valence-corrected chi connectivity index (χ0v) is 7.14. The average molecular weight is 182 g/mol. The third kappa shape index (κ3) is 1.25. The maximum absolute atomic E-state index is 5.43. The van der Waals surface area contributed by atoms with Gasteiger partial charge in [-0.15, -0.1) is 0 Å². The lowest BCUT2D eigenvalue weighted by Crippen LogP contribution is -1.87. The molecule has 0 spiro atoms. The van der Waals surface area contributed by atoms with Crippen LogP contribution in [0.5, 0.6) is 5.75 Å². The number of benzene rings is 1. The molecule has 62 valence electrons. The molecule has 2 aromatic rings. The van der Waals surface area contributed by atoms with Crippen molar-refractivity contribution >= 4 is 22.5 Å². The molecule has 0 saturated carbocycles. The zero-order valence-electron chi connectivity index (χ0n) is 6.38. The van der Waals surface area contributed by atoms with Crippen LogP contribution in [0.3, 0.4) is 0 Å². The molecule has 0 amide bonds. The highest BCUT2D eigenvalue weighted by Gasteiger charge is 1.96. The molecule has 0 radical (unpaired) electrons. The highest BCUT2D eigenvalue weighted by molar-refractivity contribution is 6.17. The van der Waals surface area contributed by atoms with E-state index >= 15 is 0 Å². The van der Waals surface area contributed by atoms with Gasteiger partial charge < -0.3 is 9.72 Å².